The summed E-state index contributed by atoms with van der Waals surface area (Å²) in [6.45, 7) is 8.36. The molecule has 4 heterocycles. The van der Waals surface area contributed by atoms with Gasteiger partial charge in [0.25, 0.3) is 0 Å². The third-order valence-corrected chi connectivity index (χ3v) is 8.57. The summed E-state index contributed by atoms with van der Waals surface area (Å²) in [6, 6.07) is 7.50. The molecule has 2 bridgehead atoms. The van der Waals surface area contributed by atoms with Crippen molar-refractivity contribution in [3.8, 4) is 0 Å². The molecule has 1 saturated carbocycles. The predicted molar refractivity (Wildman–Crippen MR) is 121 cm³/mol. The van der Waals surface area contributed by atoms with Crippen molar-refractivity contribution < 1.29 is 33.5 Å². The summed E-state index contributed by atoms with van der Waals surface area (Å²) in [7, 11) is 0. The van der Waals surface area contributed by atoms with E-state index in [0.29, 0.717) is 5.92 Å². The maximum atomic E-state index is 12.9. The quantitative estimate of drug-likeness (QED) is 0.383. The molecule has 1 aromatic carbocycles. The highest BCUT2D eigenvalue weighted by Gasteiger charge is 2.69. The van der Waals surface area contributed by atoms with E-state index < -0.39 is 36.0 Å². The highest BCUT2D eigenvalue weighted by Crippen LogP contribution is 2.60. The fourth-order valence-corrected chi connectivity index (χ4v) is 6.55. The summed E-state index contributed by atoms with van der Waals surface area (Å²) < 4.78 is 25.6. The molecular weight excluding hydrogens is 492 g/mol. The molecule has 3 unspecified atom stereocenters. The van der Waals surface area contributed by atoms with E-state index in [2.05, 4.69) is 29.8 Å². The van der Waals surface area contributed by atoms with Crippen molar-refractivity contribution in [3.05, 3.63) is 34.3 Å². The predicted octanol–water partition coefficient (Wildman–Crippen LogP) is 5.28. The van der Waals surface area contributed by atoms with E-state index in [9.17, 15) is 4.79 Å². The molecule has 5 fully saturated rings. The summed E-state index contributed by atoms with van der Waals surface area (Å²) in [5.41, 5.74) is 0.0574. The minimum absolute atomic E-state index is 0.0294. The molecule has 33 heavy (non-hydrogen) atoms. The fraction of sp³-hybridized carbons (Fsp3) is 0.720. The van der Waals surface area contributed by atoms with Crippen LogP contribution in [0, 0.1) is 23.7 Å². The number of hydrogen-bond acceptors (Lipinski definition) is 7. The van der Waals surface area contributed by atoms with Gasteiger partial charge in [-0.25, -0.2) is 14.6 Å². The average molecular weight is 525 g/mol. The van der Waals surface area contributed by atoms with Crippen molar-refractivity contribution in [2.24, 2.45) is 23.7 Å². The Labute approximate surface area is 203 Å². The highest BCUT2D eigenvalue weighted by molar-refractivity contribution is 9.10. The van der Waals surface area contributed by atoms with Crippen LogP contribution in [0.5, 0.6) is 0 Å². The van der Waals surface area contributed by atoms with Crippen LogP contribution < -0.4 is 0 Å². The zero-order valence-corrected chi connectivity index (χ0v) is 21.2. The molecule has 9 atom stereocenters. The molecular formula is C25H33BrO7. The van der Waals surface area contributed by atoms with Gasteiger partial charge in [-0.15, -0.1) is 0 Å². The molecule has 6 rings (SSSR count). The molecule has 8 heteroatoms. The normalized spacial score (nSPS) is 42.8. The molecule has 0 aromatic heterocycles. The molecule has 1 spiro atoms. The first-order valence-corrected chi connectivity index (χ1v) is 12.8. The highest BCUT2D eigenvalue weighted by atomic mass is 79.9. The van der Waals surface area contributed by atoms with Gasteiger partial charge in [-0.1, -0.05) is 41.9 Å². The van der Waals surface area contributed by atoms with Crippen molar-refractivity contribution in [1.29, 1.82) is 0 Å². The Hall–Kier alpha value is -1.03. The standard InChI is InChI=1S/C25H33BrO7/c1-5-28-21(27)20(16-7-9-17(26)10-8-16)29-22-15(3)19-11-6-14(2)18-12-13-24(4)31-23(30-22)25(18,19)33-32-24/h7-10,14-15,18-20,22-23H,5-6,11-13H2,1-4H3/t14-,15-,18?,19?,20?,22+,23-,24+,25-/m1/s1. The Bertz CT molecular complexity index is 878. The first-order valence-electron chi connectivity index (χ1n) is 12.0. The van der Waals surface area contributed by atoms with E-state index in [0.717, 1.165) is 35.7 Å². The second-order valence-electron chi connectivity index (χ2n) is 10.1. The number of rotatable bonds is 5. The van der Waals surface area contributed by atoms with Crippen molar-refractivity contribution in [2.45, 2.75) is 83.5 Å². The molecule has 5 aliphatic rings. The maximum Gasteiger partial charge on any atom is 0.340 e. The van der Waals surface area contributed by atoms with Crippen LogP contribution >= 0.6 is 15.9 Å². The lowest BCUT2D eigenvalue weighted by molar-refractivity contribution is -0.578. The third kappa shape index (κ3) is 3.96. The van der Waals surface area contributed by atoms with Gasteiger partial charge in [0.05, 0.1) is 6.61 Å². The van der Waals surface area contributed by atoms with Crippen molar-refractivity contribution in [3.63, 3.8) is 0 Å². The number of halogens is 1. The van der Waals surface area contributed by atoms with Crippen LogP contribution in [0.3, 0.4) is 0 Å². The SMILES string of the molecule is CCOC(=O)C(O[C@H]1O[C@@H]2O[C@]3(C)CCC4[C@H](C)CCC([C@H]1C)[C@]42OO3)c1ccc(Br)cc1. The fourth-order valence-electron chi connectivity index (χ4n) is 6.29. The van der Waals surface area contributed by atoms with Gasteiger partial charge in [-0.3, -0.25) is 0 Å². The number of carbonyl (C=O) groups is 1. The second kappa shape index (κ2) is 8.88. The summed E-state index contributed by atoms with van der Waals surface area (Å²) in [4.78, 5) is 25.0. The molecule has 0 amide bonds. The van der Waals surface area contributed by atoms with Crippen LogP contribution in [0.2, 0.25) is 0 Å². The zero-order valence-electron chi connectivity index (χ0n) is 19.6. The molecule has 0 N–H and O–H groups in total. The lowest BCUT2D eigenvalue weighted by atomic mass is 9.58. The van der Waals surface area contributed by atoms with Crippen molar-refractivity contribution >= 4 is 21.9 Å². The monoisotopic (exact) mass is 524 g/mol. The Morgan fingerprint density at radius 3 is 2.64 bits per heavy atom. The average Bonchev–Trinajstić information content (AvgIpc) is 3.02. The minimum atomic E-state index is -0.895. The summed E-state index contributed by atoms with van der Waals surface area (Å²) in [6.07, 6.45) is 1.62. The number of benzene rings is 1. The largest absolute Gasteiger partial charge is 0.464 e. The van der Waals surface area contributed by atoms with E-state index in [1.54, 1.807) is 6.92 Å². The van der Waals surface area contributed by atoms with E-state index >= 15 is 0 Å². The zero-order chi connectivity index (χ0) is 23.4. The van der Waals surface area contributed by atoms with Gasteiger partial charge < -0.3 is 18.9 Å². The van der Waals surface area contributed by atoms with Gasteiger partial charge in [0.1, 0.15) is 0 Å². The summed E-state index contributed by atoms with van der Waals surface area (Å²) in [5, 5.41) is 0. The van der Waals surface area contributed by atoms with Crippen LogP contribution in [-0.2, 0) is 33.5 Å². The van der Waals surface area contributed by atoms with E-state index in [4.69, 9.17) is 28.7 Å². The van der Waals surface area contributed by atoms with Crippen LogP contribution in [0.25, 0.3) is 0 Å². The molecule has 182 valence electrons. The summed E-state index contributed by atoms with van der Waals surface area (Å²) in [5.74, 6) is -0.424. The summed E-state index contributed by atoms with van der Waals surface area (Å²) >= 11 is 3.45. The van der Waals surface area contributed by atoms with Gasteiger partial charge in [0, 0.05) is 22.7 Å². The van der Waals surface area contributed by atoms with E-state index in [1.807, 2.05) is 31.2 Å². The van der Waals surface area contributed by atoms with Crippen LogP contribution in [0.15, 0.2) is 28.7 Å². The van der Waals surface area contributed by atoms with Gasteiger partial charge in [0.15, 0.2) is 24.3 Å². The smallest absolute Gasteiger partial charge is 0.340 e. The Morgan fingerprint density at radius 2 is 1.91 bits per heavy atom. The lowest BCUT2D eigenvalue weighted by Crippen LogP contribution is -2.70. The molecule has 0 radical (unpaired) electrons. The molecule has 4 saturated heterocycles. The van der Waals surface area contributed by atoms with Crippen LogP contribution in [0.4, 0.5) is 0 Å². The van der Waals surface area contributed by atoms with Gasteiger partial charge in [-0.2, -0.15) is 0 Å². The van der Waals surface area contributed by atoms with Crippen molar-refractivity contribution in [2.75, 3.05) is 6.61 Å². The lowest BCUT2D eigenvalue weighted by Gasteiger charge is -2.60. The number of hydrogen-bond donors (Lipinski definition) is 0. The Morgan fingerprint density at radius 1 is 1.15 bits per heavy atom. The Kier molecular flexibility index (Phi) is 6.38. The molecule has 1 aliphatic carbocycles. The first kappa shape index (κ1) is 23.7. The number of fused-ring (bicyclic) bond motifs is 2. The van der Waals surface area contributed by atoms with Gasteiger partial charge in [-0.05, 0) is 62.6 Å². The minimum Gasteiger partial charge on any atom is -0.464 e. The van der Waals surface area contributed by atoms with Crippen molar-refractivity contribution in [1.82, 2.24) is 0 Å². The van der Waals surface area contributed by atoms with E-state index in [-0.39, 0.29) is 24.4 Å². The van der Waals surface area contributed by atoms with E-state index in [1.165, 1.54) is 0 Å². The maximum absolute atomic E-state index is 12.9. The second-order valence-corrected chi connectivity index (χ2v) is 11.0. The van der Waals surface area contributed by atoms with Gasteiger partial charge >= 0.3 is 5.97 Å². The Balaban J connectivity index is 1.46. The van der Waals surface area contributed by atoms with Crippen LogP contribution in [0.1, 0.15) is 65.0 Å². The molecule has 4 aliphatic heterocycles. The molecule has 1 aromatic rings. The van der Waals surface area contributed by atoms with Crippen LogP contribution in [-0.4, -0.2) is 36.5 Å². The number of ether oxygens (including phenoxy) is 4. The number of esters is 1. The first-order chi connectivity index (χ1) is 15.8. The number of carbonyl (C=O) groups excluding carboxylic acids is 1. The molecule has 7 nitrogen and oxygen atoms in total. The van der Waals surface area contributed by atoms with Gasteiger partial charge in [0.2, 0.25) is 5.79 Å². The third-order valence-electron chi connectivity index (χ3n) is 8.04. The topological polar surface area (TPSA) is 72.5 Å².